The summed E-state index contributed by atoms with van der Waals surface area (Å²) in [6.07, 6.45) is 4.23. The molecular formula is C23H29NO6. The van der Waals surface area contributed by atoms with Gasteiger partial charge < -0.3 is 20.1 Å². The molecule has 5 rings (SSSR count). The molecule has 9 atom stereocenters. The van der Waals surface area contributed by atoms with Crippen molar-refractivity contribution >= 4 is 17.5 Å². The van der Waals surface area contributed by atoms with Gasteiger partial charge in [0.25, 0.3) is 0 Å². The second-order valence-electron chi connectivity index (χ2n) is 10.2. The Labute approximate surface area is 175 Å². The van der Waals surface area contributed by atoms with E-state index in [1.54, 1.807) is 6.92 Å². The minimum Gasteiger partial charge on any atom is -0.475 e. The third-order valence-corrected chi connectivity index (χ3v) is 8.92. The lowest BCUT2D eigenvalue weighted by Gasteiger charge is -2.60. The summed E-state index contributed by atoms with van der Waals surface area (Å²) in [5, 5.41) is 32.2. The second kappa shape index (κ2) is 6.11. The normalized spacial score (nSPS) is 51.2. The molecule has 162 valence electrons. The number of allylic oxidation sites excluding steroid dienone is 3. The van der Waals surface area contributed by atoms with E-state index in [0.29, 0.717) is 30.7 Å². The Morgan fingerprint density at radius 1 is 1.30 bits per heavy atom. The first-order valence-corrected chi connectivity index (χ1v) is 10.8. The fraction of sp³-hybridized carbons (Fsp3) is 0.696. The monoisotopic (exact) mass is 415 g/mol. The zero-order valence-electron chi connectivity index (χ0n) is 17.5. The van der Waals surface area contributed by atoms with Crippen molar-refractivity contribution in [3.63, 3.8) is 0 Å². The van der Waals surface area contributed by atoms with Crippen LogP contribution in [0.2, 0.25) is 0 Å². The van der Waals surface area contributed by atoms with Gasteiger partial charge in [-0.3, -0.25) is 9.59 Å². The maximum absolute atomic E-state index is 13.1. The van der Waals surface area contributed by atoms with Gasteiger partial charge in [-0.05, 0) is 48.8 Å². The van der Waals surface area contributed by atoms with Crippen molar-refractivity contribution in [1.82, 2.24) is 0 Å². The van der Waals surface area contributed by atoms with Crippen LogP contribution in [0.15, 0.2) is 28.8 Å². The van der Waals surface area contributed by atoms with Crippen LogP contribution in [0.4, 0.5) is 0 Å². The predicted octanol–water partition coefficient (Wildman–Crippen LogP) is 0.963. The van der Waals surface area contributed by atoms with Crippen molar-refractivity contribution in [3.05, 3.63) is 23.8 Å². The Morgan fingerprint density at radius 3 is 2.73 bits per heavy atom. The number of aliphatic imine (C=N–C) groups is 1. The number of Topliss-reactive ketones (excluding diaryl/α,β-unsaturated/α-hetero) is 1. The lowest BCUT2D eigenvalue weighted by atomic mass is 9.45. The van der Waals surface area contributed by atoms with E-state index in [0.717, 1.165) is 0 Å². The fourth-order valence-electron chi connectivity index (χ4n) is 7.86. The molecule has 0 aromatic heterocycles. The maximum Gasteiger partial charge on any atom is 0.190 e. The summed E-state index contributed by atoms with van der Waals surface area (Å²) in [5.41, 5.74) is -1.85. The SMILES string of the molecule is CC1=N[C@]2(C(=O)CO)[C@H](C[C@H]3[C@@H]4C[C@@H](O)C5=CC(=O)C=C[C@]5(C)[C@H]4[C@@H](O)C[C@@]32C)O1. The summed E-state index contributed by atoms with van der Waals surface area (Å²) >= 11 is 0. The maximum atomic E-state index is 13.1. The van der Waals surface area contributed by atoms with E-state index in [2.05, 4.69) is 4.99 Å². The number of hydrogen-bond donors (Lipinski definition) is 3. The Bertz CT molecular complexity index is 923. The molecule has 0 aromatic carbocycles. The zero-order valence-corrected chi connectivity index (χ0v) is 17.5. The summed E-state index contributed by atoms with van der Waals surface area (Å²) < 4.78 is 5.96. The molecule has 7 heteroatoms. The Balaban J connectivity index is 1.63. The molecule has 0 radical (unpaired) electrons. The van der Waals surface area contributed by atoms with E-state index in [1.165, 1.54) is 12.2 Å². The van der Waals surface area contributed by atoms with Crippen molar-refractivity contribution in [2.45, 2.75) is 63.9 Å². The number of hydrogen-bond acceptors (Lipinski definition) is 7. The Hall–Kier alpha value is -1.83. The number of carbonyl (C=O) groups excluding carboxylic acids is 2. The third-order valence-electron chi connectivity index (χ3n) is 8.92. The topological polar surface area (TPSA) is 116 Å². The molecule has 3 saturated carbocycles. The van der Waals surface area contributed by atoms with E-state index in [9.17, 15) is 24.9 Å². The summed E-state index contributed by atoms with van der Waals surface area (Å²) in [4.78, 5) is 29.7. The standard InChI is InChI=1S/C23H29NO6/c1-11-24-23(18(29)10-25)19(30-11)8-14-13-7-16(27)15-6-12(26)4-5-21(15,2)20(13)17(28)9-22(14,23)3/h4-6,13-14,16-17,19-20,25,27-28H,7-10H2,1-3H3/t13-,14-,16+,17-,19-,20+,21-,22-,23+/m0/s1. The van der Waals surface area contributed by atoms with Crippen LogP contribution >= 0.6 is 0 Å². The van der Waals surface area contributed by atoms with Gasteiger partial charge in [-0.2, -0.15) is 0 Å². The highest BCUT2D eigenvalue weighted by Crippen LogP contribution is 2.69. The van der Waals surface area contributed by atoms with Crippen LogP contribution in [-0.4, -0.2) is 63.2 Å². The molecule has 4 aliphatic carbocycles. The van der Waals surface area contributed by atoms with Crippen molar-refractivity contribution in [2.75, 3.05) is 6.61 Å². The van der Waals surface area contributed by atoms with E-state index in [4.69, 9.17) is 4.74 Å². The Morgan fingerprint density at radius 2 is 2.03 bits per heavy atom. The van der Waals surface area contributed by atoms with Crippen molar-refractivity contribution in [2.24, 2.45) is 33.6 Å². The van der Waals surface area contributed by atoms with Crippen LogP contribution in [0.1, 0.15) is 40.0 Å². The first-order valence-electron chi connectivity index (χ1n) is 10.8. The molecule has 0 spiro atoms. The second-order valence-corrected chi connectivity index (χ2v) is 10.2. The molecular weight excluding hydrogens is 386 g/mol. The highest BCUT2D eigenvalue weighted by Gasteiger charge is 2.74. The van der Waals surface area contributed by atoms with Gasteiger partial charge in [-0.15, -0.1) is 0 Å². The largest absolute Gasteiger partial charge is 0.475 e. The molecule has 0 unspecified atom stereocenters. The minimum atomic E-state index is -1.21. The quantitative estimate of drug-likeness (QED) is 0.619. The van der Waals surface area contributed by atoms with Crippen LogP contribution in [0.25, 0.3) is 0 Å². The number of ether oxygens (including phenoxy) is 1. The molecule has 0 saturated heterocycles. The van der Waals surface area contributed by atoms with E-state index in [-0.39, 0.29) is 29.3 Å². The summed E-state index contributed by atoms with van der Waals surface area (Å²) in [7, 11) is 0. The average Bonchev–Trinajstić information content (AvgIpc) is 3.13. The smallest absolute Gasteiger partial charge is 0.190 e. The van der Waals surface area contributed by atoms with Crippen LogP contribution in [0.5, 0.6) is 0 Å². The molecule has 3 N–H and O–H groups in total. The molecule has 5 aliphatic rings. The van der Waals surface area contributed by atoms with Gasteiger partial charge in [-0.1, -0.05) is 19.9 Å². The van der Waals surface area contributed by atoms with Gasteiger partial charge in [0.15, 0.2) is 23.0 Å². The number of nitrogens with zero attached hydrogens (tertiary/aromatic N) is 1. The first-order chi connectivity index (χ1) is 14.1. The summed E-state index contributed by atoms with van der Waals surface area (Å²) in [5.74, 6) is -0.334. The van der Waals surface area contributed by atoms with Crippen LogP contribution in [0, 0.1) is 28.6 Å². The number of aliphatic hydroxyl groups is 3. The number of ketones is 2. The van der Waals surface area contributed by atoms with Crippen LogP contribution < -0.4 is 0 Å². The lowest BCUT2D eigenvalue weighted by molar-refractivity contribution is -0.150. The zero-order chi connectivity index (χ0) is 21.6. The van der Waals surface area contributed by atoms with E-state index in [1.807, 2.05) is 19.9 Å². The van der Waals surface area contributed by atoms with Gasteiger partial charge in [-0.25, -0.2) is 4.99 Å². The molecule has 0 bridgehead atoms. The van der Waals surface area contributed by atoms with E-state index >= 15 is 0 Å². The minimum absolute atomic E-state index is 0.0118. The van der Waals surface area contributed by atoms with Crippen LogP contribution in [0.3, 0.4) is 0 Å². The van der Waals surface area contributed by atoms with Crippen molar-refractivity contribution in [3.8, 4) is 0 Å². The molecule has 1 heterocycles. The summed E-state index contributed by atoms with van der Waals surface area (Å²) in [6.45, 7) is 5.06. The third kappa shape index (κ3) is 2.18. The van der Waals surface area contributed by atoms with Crippen LogP contribution in [-0.2, 0) is 14.3 Å². The fourth-order valence-corrected chi connectivity index (χ4v) is 7.86. The lowest BCUT2D eigenvalue weighted by Crippen LogP contribution is -2.63. The van der Waals surface area contributed by atoms with Gasteiger partial charge in [0.05, 0.1) is 12.2 Å². The summed E-state index contributed by atoms with van der Waals surface area (Å²) in [6, 6.07) is 0. The first kappa shape index (κ1) is 20.1. The molecule has 3 fully saturated rings. The highest BCUT2D eigenvalue weighted by molar-refractivity contribution is 6.01. The molecule has 0 amide bonds. The molecule has 1 aliphatic heterocycles. The highest BCUT2D eigenvalue weighted by atomic mass is 16.5. The molecule has 7 nitrogen and oxygen atoms in total. The van der Waals surface area contributed by atoms with E-state index < -0.39 is 41.3 Å². The molecule has 30 heavy (non-hydrogen) atoms. The van der Waals surface area contributed by atoms with Gasteiger partial charge in [0.2, 0.25) is 0 Å². The van der Waals surface area contributed by atoms with Gasteiger partial charge >= 0.3 is 0 Å². The number of rotatable bonds is 2. The Kier molecular flexibility index (Phi) is 4.09. The van der Waals surface area contributed by atoms with Crippen molar-refractivity contribution < 1.29 is 29.6 Å². The number of aliphatic hydroxyl groups excluding tert-OH is 3. The number of carbonyl (C=O) groups is 2. The van der Waals surface area contributed by atoms with Gasteiger partial charge in [0.1, 0.15) is 12.7 Å². The molecule has 0 aromatic rings. The predicted molar refractivity (Wildman–Crippen MR) is 108 cm³/mol. The van der Waals surface area contributed by atoms with Crippen molar-refractivity contribution in [1.29, 1.82) is 0 Å². The average molecular weight is 415 g/mol. The van der Waals surface area contributed by atoms with Gasteiger partial charge in [0, 0.05) is 23.7 Å². The number of fused-ring (bicyclic) bond motifs is 7.